The van der Waals surface area contributed by atoms with Crippen molar-refractivity contribution in [2.75, 3.05) is 0 Å². The van der Waals surface area contributed by atoms with Crippen molar-refractivity contribution in [1.82, 2.24) is 0 Å². The SMILES string of the molecule is CC(C)([C@H]1C(=O)CC(=O)[C@@H]1C(C)(C)P(c1ccccc1)c1ccccc1)P(c1ccccc1)c1ccccc1. The number of Topliss-reactive ketones (excluding diaryl/α,β-unsaturated/α-hetero) is 2. The van der Waals surface area contributed by atoms with Crippen molar-refractivity contribution in [2.45, 2.75) is 44.4 Å². The summed E-state index contributed by atoms with van der Waals surface area (Å²) >= 11 is 0. The summed E-state index contributed by atoms with van der Waals surface area (Å²) in [7, 11) is -1.84. The number of benzene rings is 4. The molecule has 0 amide bonds. The molecule has 1 saturated carbocycles. The molecule has 0 bridgehead atoms. The third-order valence-electron chi connectivity index (χ3n) is 8.11. The Labute approximate surface area is 235 Å². The molecule has 0 heterocycles. The molecule has 2 nitrogen and oxygen atoms in total. The fourth-order valence-corrected chi connectivity index (χ4v) is 12.9. The summed E-state index contributed by atoms with van der Waals surface area (Å²) in [5.74, 6) is -0.551. The van der Waals surface area contributed by atoms with Crippen LogP contribution in [0.4, 0.5) is 0 Å². The number of carbonyl (C=O) groups excluding carboxylic acids is 2. The lowest BCUT2D eigenvalue weighted by molar-refractivity contribution is -0.123. The number of hydrogen-bond donors (Lipinski definition) is 0. The molecule has 0 aromatic heterocycles. The summed E-state index contributed by atoms with van der Waals surface area (Å²) in [6, 6.07) is 42.3. The third kappa shape index (κ3) is 5.30. The van der Waals surface area contributed by atoms with Crippen LogP contribution < -0.4 is 21.2 Å². The molecular weight excluding hydrogens is 514 g/mol. The predicted molar refractivity (Wildman–Crippen MR) is 168 cm³/mol. The van der Waals surface area contributed by atoms with Crippen molar-refractivity contribution in [3.8, 4) is 0 Å². The zero-order chi connectivity index (χ0) is 27.6. The molecule has 0 saturated heterocycles. The zero-order valence-corrected chi connectivity index (χ0v) is 24.9. The van der Waals surface area contributed by atoms with E-state index in [1.807, 2.05) is 24.3 Å². The highest BCUT2D eigenvalue weighted by molar-refractivity contribution is 7.75. The lowest BCUT2D eigenvalue weighted by atomic mass is 9.78. The van der Waals surface area contributed by atoms with Gasteiger partial charge in [0.05, 0.1) is 6.42 Å². The summed E-state index contributed by atoms with van der Waals surface area (Å²) in [5.41, 5.74) is 0. The summed E-state index contributed by atoms with van der Waals surface area (Å²) in [4.78, 5) is 27.9. The molecule has 39 heavy (non-hydrogen) atoms. The first-order valence-electron chi connectivity index (χ1n) is 13.6. The molecule has 0 spiro atoms. The Morgan fingerprint density at radius 1 is 0.462 bits per heavy atom. The van der Waals surface area contributed by atoms with E-state index in [0.29, 0.717) is 0 Å². The summed E-state index contributed by atoms with van der Waals surface area (Å²) in [6.45, 7) is 8.93. The van der Waals surface area contributed by atoms with Crippen LogP contribution in [0.1, 0.15) is 34.1 Å². The van der Waals surface area contributed by atoms with Crippen LogP contribution in [0.2, 0.25) is 0 Å². The van der Waals surface area contributed by atoms with E-state index in [-0.39, 0.29) is 29.8 Å². The molecule has 0 unspecified atom stereocenters. The van der Waals surface area contributed by atoms with Crippen LogP contribution in [0.25, 0.3) is 0 Å². The van der Waals surface area contributed by atoms with Crippen LogP contribution >= 0.6 is 15.8 Å². The number of hydrogen-bond acceptors (Lipinski definition) is 2. The molecule has 4 heteroatoms. The van der Waals surface area contributed by atoms with Crippen molar-refractivity contribution in [3.63, 3.8) is 0 Å². The topological polar surface area (TPSA) is 34.1 Å². The van der Waals surface area contributed by atoms with Crippen LogP contribution in [0.5, 0.6) is 0 Å². The Kier molecular flexibility index (Phi) is 8.00. The second-order valence-electron chi connectivity index (χ2n) is 11.4. The molecule has 1 aliphatic carbocycles. The number of rotatable bonds is 8. The summed E-state index contributed by atoms with van der Waals surface area (Å²) in [5, 5.41) is 4.08. The van der Waals surface area contributed by atoms with Crippen molar-refractivity contribution < 1.29 is 9.59 Å². The maximum absolute atomic E-state index is 13.9. The van der Waals surface area contributed by atoms with Gasteiger partial charge >= 0.3 is 0 Å². The van der Waals surface area contributed by atoms with E-state index in [1.54, 1.807) is 0 Å². The average Bonchev–Trinajstić information content (AvgIpc) is 3.26. The first-order valence-corrected chi connectivity index (χ1v) is 16.3. The average molecular weight is 551 g/mol. The molecule has 0 N–H and O–H groups in total. The van der Waals surface area contributed by atoms with Gasteiger partial charge < -0.3 is 0 Å². The van der Waals surface area contributed by atoms with Crippen LogP contribution in [0.15, 0.2) is 121 Å². The van der Waals surface area contributed by atoms with Gasteiger partial charge in [-0.1, -0.05) is 149 Å². The first kappa shape index (κ1) is 27.6. The normalized spacial score (nSPS) is 18.2. The van der Waals surface area contributed by atoms with Gasteiger partial charge in [0.15, 0.2) is 0 Å². The Morgan fingerprint density at radius 3 is 0.923 bits per heavy atom. The fourth-order valence-electron chi connectivity index (χ4n) is 6.58. The molecule has 0 radical (unpaired) electrons. The quantitative estimate of drug-likeness (QED) is 0.183. The van der Waals surface area contributed by atoms with Gasteiger partial charge in [0, 0.05) is 22.1 Å². The van der Waals surface area contributed by atoms with Crippen molar-refractivity contribution in [3.05, 3.63) is 121 Å². The van der Waals surface area contributed by atoms with Gasteiger partial charge in [0.2, 0.25) is 0 Å². The van der Waals surface area contributed by atoms with E-state index in [0.717, 1.165) is 0 Å². The number of ketones is 2. The second-order valence-corrected chi connectivity index (χ2v) is 17.1. The van der Waals surface area contributed by atoms with Crippen LogP contribution in [-0.4, -0.2) is 21.9 Å². The summed E-state index contributed by atoms with van der Waals surface area (Å²) < 4.78 is 0. The van der Waals surface area contributed by atoms with Gasteiger partial charge in [0.25, 0.3) is 0 Å². The maximum Gasteiger partial charge on any atom is 0.145 e. The Morgan fingerprint density at radius 2 is 0.692 bits per heavy atom. The molecule has 2 atom stereocenters. The highest BCUT2D eigenvalue weighted by atomic mass is 31.1. The zero-order valence-electron chi connectivity index (χ0n) is 23.1. The smallest absolute Gasteiger partial charge is 0.145 e. The van der Waals surface area contributed by atoms with E-state index in [2.05, 4.69) is 125 Å². The van der Waals surface area contributed by atoms with Crippen LogP contribution in [0, 0.1) is 11.8 Å². The molecule has 4 aromatic carbocycles. The predicted octanol–water partition coefficient (Wildman–Crippen LogP) is 6.58. The molecule has 4 aromatic rings. The van der Waals surface area contributed by atoms with Gasteiger partial charge in [0.1, 0.15) is 11.6 Å². The van der Waals surface area contributed by atoms with E-state index in [9.17, 15) is 9.59 Å². The van der Waals surface area contributed by atoms with Gasteiger partial charge in [-0.15, -0.1) is 0 Å². The van der Waals surface area contributed by atoms with Crippen molar-refractivity contribution in [1.29, 1.82) is 0 Å². The first-order chi connectivity index (χ1) is 18.7. The minimum absolute atomic E-state index is 0.0295. The van der Waals surface area contributed by atoms with Gasteiger partial charge in [-0.2, -0.15) is 0 Å². The number of carbonyl (C=O) groups is 2. The van der Waals surface area contributed by atoms with Crippen molar-refractivity contribution in [2.24, 2.45) is 11.8 Å². The van der Waals surface area contributed by atoms with Crippen LogP contribution in [-0.2, 0) is 9.59 Å². The van der Waals surface area contributed by atoms with E-state index < -0.39 is 26.2 Å². The minimum Gasteiger partial charge on any atom is -0.299 e. The van der Waals surface area contributed by atoms with Gasteiger partial charge in [-0.25, -0.2) is 0 Å². The monoisotopic (exact) mass is 550 g/mol. The standard InChI is InChI=1S/C35H36O2P2/c1-34(2,38(26-17-9-5-10-18-26)27-19-11-6-12-20-27)32-30(36)25-31(37)33(32)35(3,4)39(28-21-13-7-14-22-28)29-23-15-8-16-24-29/h5-24,32-33H,25H2,1-4H3/t32-,33-/m0/s1. The van der Waals surface area contributed by atoms with E-state index in [4.69, 9.17) is 0 Å². The van der Waals surface area contributed by atoms with Gasteiger partial charge in [-0.3, -0.25) is 9.59 Å². The van der Waals surface area contributed by atoms with E-state index >= 15 is 0 Å². The summed E-state index contributed by atoms with van der Waals surface area (Å²) in [6.07, 6.45) is 0.0295. The Hall–Kier alpha value is -2.92. The molecule has 5 rings (SSSR count). The highest BCUT2D eigenvalue weighted by Gasteiger charge is 2.59. The molecule has 1 aliphatic rings. The molecule has 1 fully saturated rings. The Balaban J connectivity index is 1.66. The highest BCUT2D eigenvalue weighted by Crippen LogP contribution is 2.62. The maximum atomic E-state index is 13.9. The Bertz CT molecular complexity index is 1230. The largest absolute Gasteiger partial charge is 0.299 e. The minimum atomic E-state index is -0.918. The fraction of sp³-hybridized carbons (Fsp3) is 0.257. The van der Waals surface area contributed by atoms with E-state index in [1.165, 1.54) is 21.2 Å². The molecular formula is C35H36O2P2. The van der Waals surface area contributed by atoms with Gasteiger partial charge in [-0.05, 0) is 37.1 Å². The molecule has 198 valence electrons. The lowest BCUT2D eigenvalue weighted by Crippen LogP contribution is -2.49. The van der Waals surface area contributed by atoms with Crippen molar-refractivity contribution >= 4 is 48.6 Å². The second kappa shape index (κ2) is 11.3. The van der Waals surface area contributed by atoms with Crippen LogP contribution in [0.3, 0.4) is 0 Å². The third-order valence-corrected chi connectivity index (χ3v) is 14.2. The molecule has 0 aliphatic heterocycles. The lowest BCUT2D eigenvalue weighted by Gasteiger charge is -2.48.